The summed E-state index contributed by atoms with van der Waals surface area (Å²) in [6.45, 7) is 0.525. The largest absolute Gasteiger partial charge is 0.483 e. The number of carboxylic acid groups (broad SMARTS) is 5. The van der Waals surface area contributed by atoms with E-state index in [1.807, 2.05) is 0 Å². The monoisotopic (exact) mass is 378 g/mol. The average Bonchev–Trinajstić information content (AvgIpc) is 2.47. The van der Waals surface area contributed by atoms with Gasteiger partial charge < -0.3 is 46.0 Å². The van der Waals surface area contributed by atoms with E-state index >= 15 is 0 Å². The SMILES string of the molecule is CC(=O)O.CC(O)C(=O)O.O=C(O)C(O)CO.O=C(O)CO.O=CO. The summed E-state index contributed by atoms with van der Waals surface area (Å²) >= 11 is 0. The summed E-state index contributed by atoms with van der Waals surface area (Å²) in [5.41, 5.74) is 0. The summed E-state index contributed by atoms with van der Waals surface area (Å²) in [6.07, 6.45) is -2.86. The molecule has 0 spiro atoms. The van der Waals surface area contributed by atoms with E-state index in [4.69, 9.17) is 60.3 Å². The molecule has 0 bridgehead atoms. The van der Waals surface area contributed by atoms with Crippen molar-refractivity contribution >= 4 is 30.3 Å². The van der Waals surface area contributed by atoms with Gasteiger partial charge in [-0.2, -0.15) is 0 Å². The highest BCUT2D eigenvalue weighted by atomic mass is 16.4. The van der Waals surface area contributed by atoms with Gasteiger partial charge in [0, 0.05) is 6.92 Å². The van der Waals surface area contributed by atoms with E-state index in [0.717, 1.165) is 6.92 Å². The lowest BCUT2D eigenvalue weighted by Crippen LogP contribution is -2.22. The minimum absolute atomic E-state index is 0.250. The highest BCUT2D eigenvalue weighted by Gasteiger charge is 2.08. The van der Waals surface area contributed by atoms with Gasteiger partial charge in [0.1, 0.15) is 12.7 Å². The number of aliphatic carboxylic acids is 4. The normalized spacial score (nSPS) is 10.0. The lowest BCUT2D eigenvalue weighted by molar-refractivity contribution is -0.148. The molecule has 2 atom stereocenters. The van der Waals surface area contributed by atoms with Gasteiger partial charge in [0.25, 0.3) is 12.4 Å². The molecule has 0 saturated heterocycles. The van der Waals surface area contributed by atoms with Gasteiger partial charge in [0.15, 0.2) is 6.10 Å². The third-order valence-corrected chi connectivity index (χ3v) is 0.951. The molecule has 0 saturated carbocycles. The van der Waals surface area contributed by atoms with Crippen molar-refractivity contribution in [2.45, 2.75) is 26.1 Å². The van der Waals surface area contributed by atoms with Crippen molar-refractivity contribution in [1.29, 1.82) is 0 Å². The van der Waals surface area contributed by atoms with Gasteiger partial charge in [0.2, 0.25) is 0 Å². The van der Waals surface area contributed by atoms with Gasteiger partial charge >= 0.3 is 17.9 Å². The van der Waals surface area contributed by atoms with Gasteiger partial charge in [-0.15, -0.1) is 0 Å². The number of carbonyl (C=O) groups is 5. The average molecular weight is 378 g/mol. The Balaban J connectivity index is -0.0000000687. The smallest absolute Gasteiger partial charge is 0.334 e. The Morgan fingerprint density at radius 2 is 1.12 bits per heavy atom. The third kappa shape index (κ3) is 92.4. The summed E-state index contributed by atoms with van der Waals surface area (Å²) in [5.74, 6) is -4.61. The Bertz CT molecular complexity index is 360. The Kier molecular flexibility index (Phi) is 35.2. The molecule has 9 N–H and O–H groups in total. The molecule has 0 aromatic rings. The molecule has 0 amide bonds. The third-order valence-electron chi connectivity index (χ3n) is 0.951. The number of rotatable bonds is 4. The fourth-order valence-electron chi connectivity index (χ4n) is 0.0781. The number of hydrogen-bond donors (Lipinski definition) is 9. The van der Waals surface area contributed by atoms with Crippen LogP contribution in [0.15, 0.2) is 0 Å². The molecule has 0 aromatic heterocycles. The van der Waals surface area contributed by atoms with Crippen molar-refractivity contribution in [3.8, 4) is 0 Å². The van der Waals surface area contributed by atoms with Crippen LogP contribution in [0.2, 0.25) is 0 Å². The van der Waals surface area contributed by atoms with Crippen LogP contribution in [0.3, 0.4) is 0 Å². The van der Waals surface area contributed by atoms with Crippen LogP contribution in [-0.4, -0.2) is 102 Å². The maximum atomic E-state index is 9.52. The van der Waals surface area contributed by atoms with Crippen molar-refractivity contribution in [1.82, 2.24) is 0 Å². The molecule has 0 heterocycles. The number of aliphatic hydroxyl groups excluding tert-OH is 4. The van der Waals surface area contributed by atoms with Crippen LogP contribution in [0.5, 0.6) is 0 Å². The van der Waals surface area contributed by atoms with Crippen molar-refractivity contribution in [3.05, 3.63) is 0 Å². The number of hydrogen-bond acceptors (Lipinski definition) is 9. The first-order valence-corrected chi connectivity index (χ1v) is 5.77. The summed E-state index contributed by atoms with van der Waals surface area (Å²) in [6, 6.07) is 0. The topological polar surface area (TPSA) is 267 Å². The number of aliphatic hydroxyl groups is 4. The molecule has 25 heavy (non-hydrogen) atoms. The summed E-state index contributed by atoms with van der Waals surface area (Å²) in [4.78, 5) is 45.4. The lowest BCUT2D eigenvalue weighted by atomic mass is 10.4. The van der Waals surface area contributed by atoms with Crippen molar-refractivity contribution in [3.63, 3.8) is 0 Å². The molecule has 0 fully saturated rings. The maximum Gasteiger partial charge on any atom is 0.334 e. The molecule has 2 unspecified atom stereocenters. The molecule has 0 aliphatic carbocycles. The fourth-order valence-corrected chi connectivity index (χ4v) is 0.0781. The molecular weight excluding hydrogens is 356 g/mol. The zero-order chi connectivity index (χ0) is 21.6. The highest BCUT2D eigenvalue weighted by molar-refractivity contribution is 5.72. The van der Waals surface area contributed by atoms with Crippen LogP contribution in [0.25, 0.3) is 0 Å². The molecule has 0 aromatic carbocycles. The van der Waals surface area contributed by atoms with Crippen LogP contribution >= 0.6 is 0 Å². The van der Waals surface area contributed by atoms with Crippen LogP contribution in [-0.2, 0) is 24.0 Å². The second kappa shape index (κ2) is 26.1. The van der Waals surface area contributed by atoms with E-state index in [9.17, 15) is 9.59 Å². The first-order chi connectivity index (χ1) is 11.2. The predicted molar refractivity (Wildman–Crippen MR) is 76.8 cm³/mol. The molecule has 14 heteroatoms. The quantitative estimate of drug-likeness (QED) is 0.217. The Morgan fingerprint density at radius 3 is 1.12 bits per heavy atom. The maximum absolute atomic E-state index is 9.52. The highest BCUT2D eigenvalue weighted by Crippen LogP contribution is 1.76. The van der Waals surface area contributed by atoms with Crippen molar-refractivity contribution in [2.24, 2.45) is 0 Å². The molecular formula is C11H22O14. The van der Waals surface area contributed by atoms with Crippen LogP contribution in [0.1, 0.15) is 13.8 Å². The molecule has 150 valence electrons. The molecule has 0 rings (SSSR count). The Labute approximate surface area is 140 Å². The molecule has 0 aliphatic rings. The van der Waals surface area contributed by atoms with E-state index < -0.39 is 49.3 Å². The van der Waals surface area contributed by atoms with Crippen molar-refractivity contribution in [2.75, 3.05) is 13.2 Å². The summed E-state index contributed by atoms with van der Waals surface area (Å²) in [5, 5.41) is 68.8. The zero-order valence-electron chi connectivity index (χ0n) is 13.2. The summed E-state index contributed by atoms with van der Waals surface area (Å²) < 4.78 is 0. The van der Waals surface area contributed by atoms with Gasteiger partial charge in [-0.05, 0) is 6.92 Å². The van der Waals surface area contributed by atoms with Gasteiger partial charge in [-0.3, -0.25) is 9.59 Å². The molecule has 0 aliphatic heterocycles. The van der Waals surface area contributed by atoms with E-state index in [0.29, 0.717) is 0 Å². The molecule has 14 nitrogen and oxygen atoms in total. The van der Waals surface area contributed by atoms with E-state index in [-0.39, 0.29) is 6.47 Å². The second-order valence-corrected chi connectivity index (χ2v) is 3.23. The van der Waals surface area contributed by atoms with E-state index in [2.05, 4.69) is 0 Å². The summed E-state index contributed by atoms with van der Waals surface area (Å²) in [7, 11) is 0. The van der Waals surface area contributed by atoms with Crippen LogP contribution in [0, 0.1) is 0 Å². The lowest BCUT2D eigenvalue weighted by Gasteiger charge is -1.95. The predicted octanol–water partition coefficient (Wildman–Crippen LogP) is -3.27. The Hall–Kier alpha value is -2.81. The van der Waals surface area contributed by atoms with Gasteiger partial charge in [-0.25, -0.2) is 14.4 Å². The minimum Gasteiger partial charge on any atom is -0.483 e. The first-order valence-electron chi connectivity index (χ1n) is 5.77. The second-order valence-electron chi connectivity index (χ2n) is 3.23. The van der Waals surface area contributed by atoms with Gasteiger partial charge in [-0.1, -0.05) is 0 Å². The Morgan fingerprint density at radius 1 is 0.920 bits per heavy atom. The van der Waals surface area contributed by atoms with E-state index in [1.165, 1.54) is 6.92 Å². The fraction of sp³-hybridized carbons (Fsp3) is 0.545. The van der Waals surface area contributed by atoms with E-state index in [1.54, 1.807) is 0 Å². The van der Waals surface area contributed by atoms with Gasteiger partial charge in [0.05, 0.1) is 6.61 Å². The van der Waals surface area contributed by atoms with Crippen LogP contribution < -0.4 is 0 Å². The standard InChI is InChI=1S/C3H6O4.C3H6O3.C2H4O3.C2H4O2.CH2O2/c4-1-2(5)3(6)7;1-2(4)3(5)6;3-1-2(4)5;1-2(3)4;2-1-3/h2,4-5H,1H2,(H,6,7);2,4H,1H3,(H,5,6);3H,1H2,(H,4,5);1H3,(H,3,4);1H,(H,2,3). The zero-order valence-corrected chi connectivity index (χ0v) is 13.2. The van der Waals surface area contributed by atoms with Crippen LogP contribution in [0.4, 0.5) is 0 Å². The van der Waals surface area contributed by atoms with Crippen molar-refractivity contribution < 1.29 is 69.9 Å². The minimum atomic E-state index is -1.63. The first kappa shape index (κ1) is 33.7. The molecule has 0 radical (unpaired) electrons. The number of carboxylic acids is 4.